The van der Waals surface area contributed by atoms with Gasteiger partial charge >= 0.3 is 41.3 Å². The molecule has 404 valence electrons. The van der Waals surface area contributed by atoms with Gasteiger partial charge in [0.15, 0.2) is 0 Å². The normalized spacial score (nSPS) is 17.7. The average Bonchev–Trinajstić information content (AvgIpc) is 3.72. The van der Waals surface area contributed by atoms with Crippen LogP contribution in [0.25, 0.3) is 10.4 Å². The Morgan fingerprint density at radius 2 is 1.29 bits per heavy atom. The fourth-order valence-electron chi connectivity index (χ4n) is 6.84. The lowest BCUT2D eigenvalue weighted by Gasteiger charge is -2.22. The summed E-state index contributed by atoms with van der Waals surface area (Å²) in [6, 6.07) is 10.1. The number of aromatic nitrogens is 2. The first-order chi connectivity index (χ1) is 33.4. The summed E-state index contributed by atoms with van der Waals surface area (Å²) in [6.45, 7) is 1.86. The van der Waals surface area contributed by atoms with Crippen molar-refractivity contribution in [2.75, 3.05) is 13.2 Å². The number of rotatable bonds is 33. The van der Waals surface area contributed by atoms with E-state index in [0.29, 0.717) is 6.42 Å². The second-order valence-electron chi connectivity index (χ2n) is 16.1. The predicted octanol–water partition coefficient (Wildman–Crippen LogP) is 11.6. The van der Waals surface area contributed by atoms with Gasteiger partial charge in [-0.25, -0.2) is 23.3 Å². The van der Waals surface area contributed by atoms with Gasteiger partial charge in [-0.05, 0) is 47.3 Å². The number of esters is 1. The van der Waals surface area contributed by atoms with Crippen LogP contribution in [0.1, 0.15) is 134 Å². The minimum Gasteiger partial charge on any atom is -0.434 e. The van der Waals surface area contributed by atoms with Gasteiger partial charge in [-0.3, -0.25) is 32.7 Å². The lowest BCUT2D eigenvalue weighted by Crippen LogP contribution is -2.32. The third-order valence-corrected chi connectivity index (χ3v) is 15.4. The summed E-state index contributed by atoms with van der Waals surface area (Å²) >= 11 is 5.83. The SMILES string of the molecule is CCCCCCCCCCCCCCCCOC(=O)Oc1ccc(COP(=O)(OCc2ccc(OC(=O)CC)cc2)OP(=O)(O)OP(=O)(O)OC[C@H]2O[C@@H](n3cc(Cl)c(=O)[nH]c3=O)CC2N=[N+]=[N-])cc1.N.N. The van der Waals surface area contributed by atoms with Gasteiger partial charge in [0.05, 0.1) is 38.6 Å². The van der Waals surface area contributed by atoms with Gasteiger partial charge in [0.2, 0.25) is 0 Å². The monoisotopic (exact) mass is 1100 g/mol. The molecule has 2 aromatic carbocycles. The Morgan fingerprint density at radius 1 is 0.778 bits per heavy atom. The van der Waals surface area contributed by atoms with E-state index in [1.54, 1.807) is 6.92 Å². The fourth-order valence-corrected chi connectivity index (χ4v) is 11.0. The van der Waals surface area contributed by atoms with E-state index in [9.17, 15) is 42.7 Å². The molecule has 29 heteroatoms. The molecule has 1 aliphatic heterocycles. The van der Waals surface area contributed by atoms with Crippen LogP contribution in [0.5, 0.6) is 11.5 Å². The van der Waals surface area contributed by atoms with E-state index in [4.69, 9.17) is 54.0 Å². The quantitative estimate of drug-likeness (QED) is 0.00553. The van der Waals surface area contributed by atoms with Gasteiger partial charge in [0.25, 0.3) is 5.56 Å². The Bertz CT molecular complexity index is 2440. The van der Waals surface area contributed by atoms with Crippen LogP contribution in [-0.2, 0) is 63.4 Å². The number of aromatic amines is 1. The van der Waals surface area contributed by atoms with Gasteiger partial charge in [0, 0.05) is 24.0 Å². The molecule has 3 aromatic rings. The van der Waals surface area contributed by atoms with Gasteiger partial charge < -0.3 is 41.0 Å². The van der Waals surface area contributed by atoms with E-state index in [-0.39, 0.29) is 59.4 Å². The van der Waals surface area contributed by atoms with E-state index < -0.39 is 85.0 Å². The maximum Gasteiger partial charge on any atom is 0.513 e. The van der Waals surface area contributed by atoms with Crippen molar-refractivity contribution in [2.24, 2.45) is 5.11 Å². The summed E-state index contributed by atoms with van der Waals surface area (Å²) < 4.78 is 87.0. The highest BCUT2D eigenvalue weighted by molar-refractivity contribution is 7.67. The number of unbranched alkanes of at least 4 members (excludes halogenated alkanes) is 13. The minimum atomic E-state index is -5.92. The molecule has 1 fully saturated rings. The Labute approximate surface area is 422 Å². The van der Waals surface area contributed by atoms with Crippen molar-refractivity contribution < 1.29 is 74.2 Å². The highest BCUT2D eigenvalue weighted by atomic mass is 35.5. The number of nitrogens with zero attached hydrogens (tertiary/aromatic N) is 4. The number of carbonyl (C=O) groups excluding carboxylic acids is 2. The number of carbonyl (C=O) groups is 2. The zero-order chi connectivity index (χ0) is 51.0. The van der Waals surface area contributed by atoms with Crippen molar-refractivity contribution in [1.29, 1.82) is 0 Å². The smallest absolute Gasteiger partial charge is 0.434 e. The number of phosphoric acid groups is 3. The van der Waals surface area contributed by atoms with Crippen molar-refractivity contribution in [3.63, 3.8) is 0 Å². The molecule has 0 radical (unpaired) electrons. The summed E-state index contributed by atoms with van der Waals surface area (Å²) in [7, 11) is -16.8. The molecule has 4 unspecified atom stereocenters. The minimum absolute atomic E-state index is 0. The molecule has 1 saturated heterocycles. The van der Waals surface area contributed by atoms with Crippen molar-refractivity contribution in [3.8, 4) is 11.5 Å². The average molecular weight is 1100 g/mol. The molecule has 0 aliphatic carbocycles. The molecule has 0 amide bonds. The maximum absolute atomic E-state index is 14.0. The van der Waals surface area contributed by atoms with Crippen LogP contribution >= 0.6 is 35.1 Å². The van der Waals surface area contributed by atoms with Crippen LogP contribution in [0.2, 0.25) is 5.02 Å². The number of ether oxygens (including phenoxy) is 4. The summed E-state index contributed by atoms with van der Waals surface area (Å²) in [4.78, 5) is 73.8. The van der Waals surface area contributed by atoms with Gasteiger partial charge in [0.1, 0.15) is 22.7 Å². The standard InChI is InChI=1S/C43H61ClN5O18P3.2H3N/c1-3-5-6-7-8-9-10-11-12-13-14-15-16-17-26-59-43(53)64-35-24-20-33(21-25-35)30-62-70(58,61-29-32-18-22-34(23-19-32)63-40(50)4-2)67-69(56,57)66-68(54,55)60-31-38-37(47-48-45)27-39(65-38)49-28-36(44)41(51)46-42(49)52;;/h18-25,28,37-39H,3-17,26-27,29-31H2,1-2H3,(H,54,55)(H,56,57)(H,46,51,52);2*1H3/t37?,38-,39-,70?;;/m1../s1. The number of nitrogens with one attached hydrogen (secondary N) is 1. The number of H-pyrrole nitrogens is 1. The largest absolute Gasteiger partial charge is 0.513 e. The van der Waals surface area contributed by atoms with E-state index in [0.717, 1.165) is 30.0 Å². The highest BCUT2D eigenvalue weighted by Crippen LogP contribution is 2.69. The van der Waals surface area contributed by atoms with Crippen LogP contribution in [0.15, 0.2) is 69.4 Å². The maximum atomic E-state index is 14.0. The molecular weight excluding hydrogens is 1030 g/mol. The molecule has 0 spiro atoms. The predicted molar refractivity (Wildman–Crippen MR) is 264 cm³/mol. The van der Waals surface area contributed by atoms with E-state index in [2.05, 4.69) is 21.3 Å². The zero-order valence-corrected chi connectivity index (χ0v) is 43.9. The van der Waals surface area contributed by atoms with Crippen molar-refractivity contribution >= 4 is 47.2 Å². The molecule has 9 N–H and O–H groups in total. The van der Waals surface area contributed by atoms with Crippen LogP contribution < -0.4 is 33.0 Å². The Morgan fingerprint density at radius 3 is 1.81 bits per heavy atom. The first-order valence-electron chi connectivity index (χ1n) is 23.0. The summed E-state index contributed by atoms with van der Waals surface area (Å²) in [6.07, 6.45) is 14.1. The number of azide groups is 1. The van der Waals surface area contributed by atoms with Crippen LogP contribution in [0, 0.1) is 0 Å². The number of hydrogen-bond donors (Lipinski definition) is 5. The number of phosphoric ester groups is 2. The number of hydrogen-bond acceptors (Lipinski definition) is 19. The molecule has 0 bridgehead atoms. The third kappa shape index (κ3) is 23.7. The number of benzene rings is 2. The topological polar surface area (TPSA) is 382 Å². The molecule has 0 saturated carbocycles. The lowest BCUT2D eigenvalue weighted by molar-refractivity contribution is -0.134. The first kappa shape index (κ1) is 63.9. The summed E-state index contributed by atoms with van der Waals surface area (Å²) in [5.41, 5.74) is 7.79. The second kappa shape index (κ2) is 32.8. The van der Waals surface area contributed by atoms with Crippen LogP contribution in [0.4, 0.5) is 4.79 Å². The number of halogens is 1. The summed E-state index contributed by atoms with van der Waals surface area (Å²) in [5.74, 6) is -0.218. The molecule has 6 atom stereocenters. The second-order valence-corrected chi connectivity index (χ2v) is 21.3. The third-order valence-electron chi connectivity index (χ3n) is 10.5. The molecule has 1 aliphatic rings. The van der Waals surface area contributed by atoms with Gasteiger partial charge in [-0.2, -0.15) is 8.62 Å². The van der Waals surface area contributed by atoms with Crippen molar-refractivity contribution in [1.82, 2.24) is 21.9 Å². The zero-order valence-electron chi connectivity index (χ0n) is 40.4. The molecule has 1 aromatic heterocycles. The highest BCUT2D eigenvalue weighted by Gasteiger charge is 2.45. The Balaban J connectivity index is 0.00000888. The van der Waals surface area contributed by atoms with Crippen molar-refractivity contribution in [3.05, 3.63) is 102 Å². The van der Waals surface area contributed by atoms with E-state index >= 15 is 0 Å². The van der Waals surface area contributed by atoms with Crippen LogP contribution in [0.3, 0.4) is 0 Å². The molecule has 4 rings (SSSR count). The fraction of sp³-hybridized carbons (Fsp3) is 0.581. The van der Waals surface area contributed by atoms with E-state index in [1.165, 1.54) is 113 Å². The van der Waals surface area contributed by atoms with Gasteiger partial charge in [-0.1, -0.05) is 138 Å². The van der Waals surface area contributed by atoms with E-state index in [1.807, 2.05) is 4.98 Å². The molecular formula is C43H67ClN7O18P3. The first-order valence-corrected chi connectivity index (χ1v) is 27.8. The van der Waals surface area contributed by atoms with Crippen molar-refractivity contribution in [2.45, 2.75) is 148 Å². The Kier molecular flexibility index (Phi) is 29.1. The lowest BCUT2D eigenvalue weighted by atomic mass is 10.0. The van der Waals surface area contributed by atoms with Gasteiger partial charge in [-0.15, -0.1) is 0 Å². The molecule has 25 nitrogen and oxygen atoms in total. The molecule has 72 heavy (non-hydrogen) atoms. The Hall–Kier alpha value is -4.25. The summed E-state index contributed by atoms with van der Waals surface area (Å²) in [5, 5.41) is 3.16. The molecule has 2 heterocycles. The van der Waals surface area contributed by atoms with Crippen LogP contribution in [-0.4, -0.2) is 56.8 Å².